The number of carbonyl (C=O) groups is 1. The van der Waals surface area contributed by atoms with Crippen LogP contribution < -0.4 is 5.73 Å². The quantitative estimate of drug-likeness (QED) is 0.502. The van der Waals surface area contributed by atoms with E-state index in [0.29, 0.717) is 0 Å². The Bertz CT molecular complexity index is 177. The second kappa shape index (κ2) is 4.26. The van der Waals surface area contributed by atoms with E-state index in [2.05, 4.69) is 0 Å². The number of esters is 1. The van der Waals surface area contributed by atoms with Crippen molar-refractivity contribution in [1.29, 1.82) is 0 Å². The molecule has 3 nitrogen and oxygen atoms in total. The summed E-state index contributed by atoms with van der Waals surface area (Å²) in [6.07, 6.45) is 2.96. The fraction of sp³-hybridized carbons (Fsp3) is 0.667. The van der Waals surface area contributed by atoms with Gasteiger partial charge in [0.15, 0.2) is 0 Å². The van der Waals surface area contributed by atoms with Crippen LogP contribution in [-0.2, 0) is 9.53 Å². The zero-order valence-electron chi connectivity index (χ0n) is 8.13. The molecule has 70 valence electrons. The van der Waals surface area contributed by atoms with Crippen LogP contribution in [0, 0.1) is 0 Å². The van der Waals surface area contributed by atoms with E-state index in [0.717, 1.165) is 0 Å². The molecule has 0 aromatic carbocycles. The first-order chi connectivity index (χ1) is 5.31. The van der Waals surface area contributed by atoms with Crippen LogP contribution in [0.3, 0.4) is 0 Å². The number of rotatable bonds is 2. The maximum atomic E-state index is 11.0. The molecule has 0 heterocycles. The highest BCUT2D eigenvalue weighted by molar-refractivity contribution is 5.82. The molecule has 0 aliphatic rings. The minimum absolute atomic E-state index is 0.113. The highest BCUT2D eigenvalue weighted by Gasteiger charge is 2.13. The van der Waals surface area contributed by atoms with Crippen molar-refractivity contribution >= 4 is 5.97 Å². The lowest BCUT2D eigenvalue weighted by atomic mass is 10.2. The Labute approximate surface area is 73.6 Å². The second-order valence-electron chi connectivity index (χ2n) is 3.75. The summed E-state index contributed by atoms with van der Waals surface area (Å²) in [6, 6.07) is -0.113. The fourth-order valence-corrected chi connectivity index (χ4v) is 0.566. The summed E-state index contributed by atoms with van der Waals surface area (Å²) in [6.45, 7) is 7.26. The smallest absolute Gasteiger partial charge is 0.330 e. The molecule has 0 amide bonds. The van der Waals surface area contributed by atoms with Crippen molar-refractivity contribution < 1.29 is 9.53 Å². The minimum atomic E-state index is -0.431. The molecule has 12 heavy (non-hydrogen) atoms. The van der Waals surface area contributed by atoms with Gasteiger partial charge in [0, 0.05) is 12.1 Å². The molecule has 0 bridgehead atoms. The fourth-order valence-electron chi connectivity index (χ4n) is 0.566. The molecule has 0 saturated heterocycles. The molecule has 0 radical (unpaired) electrons. The van der Waals surface area contributed by atoms with Crippen LogP contribution in [0.4, 0.5) is 0 Å². The Hall–Kier alpha value is -0.830. The van der Waals surface area contributed by atoms with Gasteiger partial charge in [0.2, 0.25) is 0 Å². The molecule has 0 saturated carbocycles. The van der Waals surface area contributed by atoms with Crippen molar-refractivity contribution in [3.8, 4) is 0 Å². The predicted molar refractivity (Wildman–Crippen MR) is 48.6 cm³/mol. The molecular formula is C9H17NO2. The van der Waals surface area contributed by atoms with Gasteiger partial charge in [0.05, 0.1) is 0 Å². The van der Waals surface area contributed by atoms with Crippen molar-refractivity contribution in [3.63, 3.8) is 0 Å². The topological polar surface area (TPSA) is 52.3 Å². The molecule has 0 aromatic rings. The van der Waals surface area contributed by atoms with Gasteiger partial charge in [-0.05, 0) is 27.7 Å². The van der Waals surface area contributed by atoms with Gasteiger partial charge in [0.1, 0.15) is 5.60 Å². The van der Waals surface area contributed by atoms with E-state index in [1.807, 2.05) is 20.8 Å². The van der Waals surface area contributed by atoms with Gasteiger partial charge in [0.25, 0.3) is 0 Å². The van der Waals surface area contributed by atoms with Crippen LogP contribution in [0.25, 0.3) is 0 Å². The summed E-state index contributed by atoms with van der Waals surface area (Å²) in [5.41, 5.74) is 4.98. The van der Waals surface area contributed by atoms with Crippen LogP contribution in [0.1, 0.15) is 27.7 Å². The molecule has 0 aromatic heterocycles. The third-order valence-electron chi connectivity index (χ3n) is 0.943. The lowest BCUT2D eigenvalue weighted by Gasteiger charge is -2.17. The summed E-state index contributed by atoms with van der Waals surface area (Å²) >= 11 is 0. The number of nitrogens with two attached hydrogens (primary N) is 1. The molecule has 0 aliphatic heterocycles. The van der Waals surface area contributed by atoms with E-state index in [-0.39, 0.29) is 12.0 Å². The first-order valence-electron chi connectivity index (χ1n) is 3.98. The minimum Gasteiger partial charge on any atom is -0.457 e. The van der Waals surface area contributed by atoms with Gasteiger partial charge >= 0.3 is 5.97 Å². The predicted octanol–water partition coefficient (Wildman–Crippen LogP) is 1.23. The van der Waals surface area contributed by atoms with E-state index in [1.54, 1.807) is 13.0 Å². The van der Waals surface area contributed by atoms with Crippen molar-refractivity contribution in [2.75, 3.05) is 0 Å². The Kier molecular flexibility index (Phi) is 3.96. The summed E-state index contributed by atoms with van der Waals surface area (Å²) in [4.78, 5) is 11.0. The Morgan fingerprint density at radius 1 is 1.50 bits per heavy atom. The van der Waals surface area contributed by atoms with Crippen molar-refractivity contribution in [3.05, 3.63) is 12.2 Å². The lowest BCUT2D eigenvalue weighted by Crippen LogP contribution is -2.23. The first kappa shape index (κ1) is 11.2. The molecule has 1 unspecified atom stereocenters. The third-order valence-corrected chi connectivity index (χ3v) is 0.943. The molecular weight excluding hydrogens is 154 g/mol. The molecule has 1 atom stereocenters. The van der Waals surface area contributed by atoms with Crippen LogP contribution >= 0.6 is 0 Å². The Balaban J connectivity index is 3.91. The van der Waals surface area contributed by atoms with Gasteiger partial charge < -0.3 is 10.5 Å². The van der Waals surface area contributed by atoms with Crippen molar-refractivity contribution in [2.45, 2.75) is 39.3 Å². The molecule has 0 rings (SSSR count). The van der Waals surface area contributed by atoms with Gasteiger partial charge in [-0.3, -0.25) is 0 Å². The number of ether oxygens (including phenoxy) is 1. The van der Waals surface area contributed by atoms with E-state index < -0.39 is 5.60 Å². The van der Waals surface area contributed by atoms with Gasteiger partial charge in [-0.15, -0.1) is 0 Å². The summed E-state index contributed by atoms with van der Waals surface area (Å²) in [7, 11) is 0. The number of carbonyl (C=O) groups excluding carboxylic acids is 1. The van der Waals surface area contributed by atoms with Crippen LogP contribution in [0.15, 0.2) is 12.2 Å². The Morgan fingerprint density at radius 2 is 2.00 bits per heavy atom. The molecule has 0 aliphatic carbocycles. The third kappa shape index (κ3) is 7.28. The summed E-state index contributed by atoms with van der Waals surface area (Å²) in [5.74, 6) is -0.347. The number of hydrogen-bond donors (Lipinski definition) is 1. The van der Waals surface area contributed by atoms with E-state index in [9.17, 15) is 4.79 Å². The Morgan fingerprint density at radius 3 is 2.33 bits per heavy atom. The molecule has 0 fully saturated rings. The maximum Gasteiger partial charge on any atom is 0.330 e. The highest BCUT2D eigenvalue weighted by Crippen LogP contribution is 2.06. The van der Waals surface area contributed by atoms with Crippen molar-refractivity contribution in [1.82, 2.24) is 0 Å². The summed E-state index contributed by atoms with van der Waals surface area (Å²) in [5, 5.41) is 0. The standard InChI is InChI=1S/C9H17NO2/c1-7(10)5-6-8(11)12-9(2,3)4/h5-7H,10H2,1-4H3/b6-5+. The van der Waals surface area contributed by atoms with E-state index in [1.165, 1.54) is 6.08 Å². The van der Waals surface area contributed by atoms with Crippen molar-refractivity contribution in [2.24, 2.45) is 5.73 Å². The molecule has 3 heteroatoms. The van der Waals surface area contributed by atoms with Gasteiger partial charge in [-0.25, -0.2) is 4.79 Å². The first-order valence-corrected chi connectivity index (χ1v) is 3.98. The summed E-state index contributed by atoms with van der Waals surface area (Å²) < 4.78 is 5.01. The average molecular weight is 171 g/mol. The number of hydrogen-bond acceptors (Lipinski definition) is 3. The second-order valence-corrected chi connectivity index (χ2v) is 3.75. The van der Waals surface area contributed by atoms with Crippen LogP contribution in [-0.4, -0.2) is 17.6 Å². The lowest BCUT2D eigenvalue weighted by molar-refractivity contribution is -0.148. The normalized spacial score (nSPS) is 14.8. The average Bonchev–Trinajstić information content (AvgIpc) is 1.79. The van der Waals surface area contributed by atoms with E-state index in [4.69, 9.17) is 10.5 Å². The largest absolute Gasteiger partial charge is 0.457 e. The van der Waals surface area contributed by atoms with Gasteiger partial charge in [-0.2, -0.15) is 0 Å². The molecule has 2 N–H and O–H groups in total. The van der Waals surface area contributed by atoms with E-state index >= 15 is 0 Å². The monoisotopic (exact) mass is 171 g/mol. The highest BCUT2D eigenvalue weighted by atomic mass is 16.6. The zero-order chi connectivity index (χ0) is 9.78. The zero-order valence-corrected chi connectivity index (χ0v) is 8.13. The SMILES string of the molecule is CC(N)/C=C/C(=O)OC(C)(C)C. The van der Waals surface area contributed by atoms with Crippen LogP contribution in [0.5, 0.6) is 0 Å². The van der Waals surface area contributed by atoms with Gasteiger partial charge in [-0.1, -0.05) is 6.08 Å². The maximum absolute atomic E-state index is 11.0. The molecule has 0 spiro atoms. The van der Waals surface area contributed by atoms with Crippen LogP contribution in [0.2, 0.25) is 0 Å².